The molecule has 144 valence electrons. The lowest BCUT2D eigenvalue weighted by atomic mass is 10.4. The zero-order valence-electron chi connectivity index (χ0n) is 13.3. The Morgan fingerprint density at radius 3 is 1.84 bits per heavy atom. The van der Waals surface area contributed by atoms with E-state index in [2.05, 4.69) is 0 Å². The topological polar surface area (TPSA) is 135 Å². The number of aliphatic hydroxyl groups is 3. The van der Waals surface area contributed by atoms with Crippen molar-refractivity contribution in [1.82, 2.24) is 4.90 Å². The van der Waals surface area contributed by atoms with Crippen molar-refractivity contribution in [2.24, 2.45) is 0 Å². The second-order valence-corrected chi connectivity index (χ2v) is 7.54. The van der Waals surface area contributed by atoms with Crippen LogP contribution in [0.4, 0.5) is 0 Å². The van der Waals surface area contributed by atoms with Gasteiger partial charge >= 0.3 is 5.97 Å². The average molecular weight is 418 g/mol. The standard InChI is InChI=1S/C8H6Cl2O4S.C6H15NO3/c9-5-1-2-7(6(10)3-5)15(13,14)4-8(11)12;8-4-1-7(2-5-9)3-6-10/h1-3H,4H2,(H,11,12);8-10H,1-6H2. The van der Waals surface area contributed by atoms with Crippen molar-refractivity contribution in [1.29, 1.82) is 0 Å². The second kappa shape index (κ2) is 12.4. The first-order valence-corrected chi connectivity index (χ1v) is 9.53. The zero-order valence-corrected chi connectivity index (χ0v) is 15.6. The van der Waals surface area contributed by atoms with Crippen LogP contribution in [0.5, 0.6) is 0 Å². The van der Waals surface area contributed by atoms with Gasteiger partial charge in [0.05, 0.1) is 29.7 Å². The van der Waals surface area contributed by atoms with E-state index in [1.54, 1.807) is 4.90 Å². The molecule has 0 aliphatic carbocycles. The Hall–Kier alpha value is -0.940. The highest BCUT2D eigenvalue weighted by molar-refractivity contribution is 7.92. The van der Waals surface area contributed by atoms with Gasteiger partial charge in [0, 0.05) is 24.7 Å². The third-order valence-electron chi connectivity index (χ3n) is 2.79. The smallest absolute Gasteiger partial charge is 0.319 e. The maximum absolute atomic E-state index is 11.5. The molecule has 0 amide bonds. The number of carbonyl (C=O) groups is 1. The zero-order chi connectivity index (χ0) is 19.5. The predicted molar refractivity (Wildman–Crippen MR) is 93.8 cm³/mol. The largest absolute Gasteiger partial charge is 0.480 e. The Labute approximate surface area is 156 Å². The van der Waals surface area contributed by atoms with E-state index in [-0.39, 0.29) is 34.8 Å². The van der Waals surface area contributed by atoms with Gasteiger partial charge in [-0.2, -0.15) is 0 Å². The van der Waals surface area contributed by atoms with Crippen LogP contribution >= 0.6 is 23.2 Å². The van der Waals surface area contributed by atoms with Crippen molar-refractivity contribution in [3.63, 3.8) is 0 Å². The Bertz CT molecular complexity index is 626. The molecular formula is C14H21Cl2NO7S. The number of hydrogen-bond acceptors (Lipinski definition) is 7. The molecule has 8 nitrogen and oxygen atoms in total. The summed E-state index contributed by atoms with van der Waals surface area (Å²) in [6, 6.07) is 3.77. The van der Waals surface area contributed by atoms with Gasteiger partial charge in [0.15, 0.2) is 15.6 Å². The van der Waals surface area contributed by atoms with E-state index >= 15 is 0 Å². The Morgan fingerprint density at radius 1 is 1.00 bits per heavy atom. The normalized spacial score (nSPS) is 11.1. The molecule has 0 saturated heterocycles. The highest BCUT2D eigenvalue weighted by atomic mass is 35.5. The Morgan fingerprint density at radius 2 is 1.48 bits per heavy atom. The third kappa shape index (κ3) is 9.95. The first kappa shape index (κ1) is 24.1. The van der Waals surface area contributed by atoms with E-state index in [1.807, 2.05) is 0 Å². The number of aliphatic hydroxyl groups excluding tert-OH is 3. The molecule has 0 saturated carbocycles. The molecule has 0 atom stereocenters. The molecular weight excluding hydrogens is 397 g/mol. The summed E-state index contributed by atoms with van der Waals surface area (Å²) in [5, 5.41) is 34.1. The van der Waals surface area contributed by atoms with E-state index < -0.39 is 21.6 Å². The van der Waals surface area contributed by atoms with Crippen molar-refractivity contribution in [2.75, 3.05) is 45.2 Å². The monoisotopic (exact) mass is 417 g/mol. The minimum Gasteiger partial charge on any atom is -0.480 e. The summed E-state index contributed by atoms with van der Waals surface area (Å²) in [4.78, 5) is 11.9. The molecule has 0 aliphatic rings. The molecule has 0 radical (unpaired) electrons. The number of aliphatic carboxylic acids is 1. The van der Waals surface area contributed by atoms with Crippen LogP contribution in [0.2, 0.25) is 10.0 Å². The summed E-state index contributed by atoms with van der Waals surface area (Å²) in [5.41, 5.74) is 0. The van der Waals surface area contributed by atoms with Crippen molar-refractivity contribution in [3.05, 3.63) is 28.2 Å². The van der Waals surface area contributed by atoms with E-state index in [0.29, 0.717) is 19.6 Å². The fourth-order valence-corrected chi connectivity index (χ4v) is 3.60. The van der Waals surface area contributed by atoms with Gasteiger partial charge < -0.3 is 20.4 Å². The lowest BCUT2D eigenvalue weighted by molar-refractivity contribution is -0.134. The average Bonchev–Trinajstić information content (AvgIpc) is 2.47. The van der Waals surface area contributed by atoms with Crippen LogP contribution < -0.4 is 0 Å². The summed E-state index contributed by atoms with van der Waals surface area (Å²) in [6.07, 6.45) is 0. The highest BCUT2D eigenvalue weighted by Gasteiger charge is 2.21. The van der Waals surface area contributed by atoms with Gasteiger partial charge in [0.1, 0.15) is 0 Å². The molecule has 0 aliphatic heterocycles. The van der Waals surface area contributed by atoms with Crippen LogP contribution in [0.3, 0.4) is 0 Å². The third-order valence-corrected chi connectivity index (χ3v) is 5.10. The maximum atomic E-state index is 11.5. The molecule has 0 spiro atoms. The van der Waals surface area contributed by atoms with Crippen LogP contribution in [0.25, 0.3) is 0 Å². The van der Waals surface area contributed by atoms with Crippen LogP contribution in [-0.2, 0) is 14.6 Å². The van der Waals surface area contributed by atoms with Gasteiger partial charge in [0.2, 0.25) is 0 Å². The maximum Gasteiger partial charge on any atom is 0.319 e. The molecule has 1 aromatic carbocycles. The molecule has 0 aromatic heterocycles. The predicted octanol–water partition coefficient (Wildman–Crippen LogP) is 0.117. The first-order valence-electron chi connectivity index (χ1n) is 7.12. The molecule has 0 bridgehead atoms. The second-order valence-electron chi connectivity index (χ2n) is 4.74. The number of carboxylic acid groups (broad SMARTS) is 1. The molecule has 1 rings (SSSR count). The van der Waals surface area contributed by atoms with Gasteiger partial charge in [-0.15, -0.1) is 0 Å². The molecule has 1 aromatic rings. The fourth-order valence-electron chi connectivity index (χ4n) is 1.73. The Kier molecular flexibility index (Phi) is 12.0. The van der Waals surface area contributed by atoms with Crippen molar-refractivity contribution in [2.45, 2.75) is 4.90 Å². The lowest BCUT2D eigenvalue weighted by Gasteiger charge is -2.17. The molecule has 11 heteroatoms. The summed E-state index contributed by atoms with van der Waals surface area (Å²) in [7, 11) is -3.90. The van der Waals surface area contributed by atoms with Gasteiger partial charge in [-0.3, -0.25) is 9.69 Å². The lowest BCUT2D eigenvalue weighted by Crippen LogP contribution is -2.32. The molecule has 0 unspecified atom stereocenters. The van der Waals surface area contributed by atoms with Crippen molar-refractivity contribution >= 4 is 39.0 Å². The Balaban J connectivity index is 0.000000504. The van der Waals surface area contributed by atoms with Crippen molar-refractivity contribution in [3.8, 4) is 0 Å². The molecule has 0 heterocycles. The van der Waals surface area contributed by atoms with Gasteiger partial charge in [-0.25, -0.2) is 8.42 Å². The minimum atomic E-state index is -3.90. The van der Waals surface area contributed by atoms with Gasteiger partial charge in [0.25, 0.3) is 0 Å². The summed E-state index contributed by atoms with van der Waals surface area (Å²) in [6.45, 7) is 1.75. The number of benzene rings is 1. The van der Waals surface area contributed by atoms with Crippen LogP contribution in [-0.4, -0.2) is 84.9 Å². The summed E-state index contributed by atoms with van der Waals surface area (Å²) < 4.78 is 22.9. The SMILES string of the molecule is O=C(O)CS(=O)(=O)c1ccc(Cl)cc1Cl.OCCN(CCO)CCO. The van der Waals surface area contributed by atoms with Crippen LogP contribution in [0, 0.1) is 0 Å². The van der Waals surface area contributed by atoms with Gasteiger partial charge in [-0.05, 0) is 18.2 Å². The van der Waals surface area contributed by atoms with E-state index in [1.165, 1.54) is 18.2 Å². The quantitative estimate of drug-likeness (QED) is 0.444. The molecule has 25 heavy (non-hydrogen) atoms. The summed E-state index contributed by atoms with van der Waals surface area (Å²) >= 11 is 11.2. The minimum absolute atomic E-state index is 0.0694. The van der Waals surface area contributed by atoms with Crippen LogP contribution in [0.1, 0.15) is 0 Å². The van der Waals surface area contributed by atoms with E-state index in [0.717, 1.165) is 0 Å². The first-order chi connectivity index (χ1) is 11.7. The van der Waals surface area contributed by atoms with Crippen LogP contribution in [0.15, 0.2) is 23.1 Å². The number of rotatable bonds is 9. The fraction of sp³-hybridized carbons (Fsp3) is 0.500. The number of halogens is 2. The number of sulfone groups is 1. The van der Waals surface area contributed by atoms with Gasteiger partial charge in [-0.1, -0.05) is 23.2 Å². The van der Waals surface area contributed by atoms with E-state index in [4.69, 9.17) is 43.6 Å². The number of hydrogen-bond donors (Lipinski definition) is 4. The number of carboxylic acids is 1. The summed E-state index contributed by atoms with van der Waals surface area (Å²) in [5.74, 6) is -2.42. The van der Waals surface area contributed by atoms with E-state index in [9.17, 15) is 13.2 Å². The number of nitrogens with zero attached hydrogens (tertiary/aromatic N) is 1. The molecule has 4 N–H and O–H groups in total. The molecule has 0 fully saturated rings. The van der Waals surface area contributed by atoms with Crippen molar-refractivity contribution < 1.29 is 33.6 Å². The highest BCUT2D eigenvalue weighted by Crippen LogP contribution is 2.25.